The number of nitrogens with zero attached hydrogens (tertiary/aromatic N) is 2. The molecule has 0 atom stereocenters. The van der Waals surface area contributed by atoms with Crippen molar-refractivity contribution in [2.75, 3.05) is 18.0 Å². The summed E-state index contributed by atoms with van der Waals surface area (Å²) < 4.78 is 0. The third kappa shape index (κ3) is 2.43. The third-order valence-electron chi connectivity index (χ3n) is 4.32. The van der Waals surface area contributed by atoms with Crippen molar-refractivity contribution in [1.82, 2.24) is 9.97 Å². The number of nitrogens with one attached hydrogen (secondary N) is 1. The molecule has 1 aromatic carbocycles. The van der Waals surface area contributed by atoms with Crippen molar-refractivity contribution in [2.24, 2.45) is 0 Å². The zero-order chi connectivity index (χ0) is 14.2. The SMILES string of the molecule is Clc1cc(N2CCC(c3cscn3)CC2)c2cc[nH]c2c1. The van der Waals surface area contributed by atoms with E-state index in [2.05, 4.69) is 32.4 Å². The maximum Gasteiger partial charge on any atom is 0.0794 e. The number of halogens is 1. The second kappa shape index (κ2) is 5.35. The Morgan fingerprint density at radius 3 is 2.90 bits per heavy atom. The fourth-order valence-corrected chi connectivity index (χ4v) is 4.06. The first-order valence-corrected chi connectivity index (χ1v) is 8.53. The number of hydrogen-bond donors (Lipinski definition) is 1. The monoisotopic (exact) mass is 317 g/mol. The Kier molecular flexibility index (Phi) is 3.36. The van der Waals surface area contributed by atoms with Crippen LogP contribution in [0.5, 0.6) is 0 Å². The fraction of sp³-hybridized carbons (Fsp3) is 0.312. The molecule has 1 N–H and O–H groups in total. The average molecular weight is 318 g/mol. The molecule has 0 unspecified atom stereocenters. The number of aromatic amines is 1. The smallest absolute Gasteiger partial charge is 0.0794 e. The van der Waals surface area contributed by atoms with E-state index in [1.807, 2.05) is 17.8 Å². The van der Waals surface area contributed by atoms with Crippen molar-refractivity contribution in [2.45, 2.75) is 18.8 Å². The molecule has 2 aromatic heterocycles. The molecular weight excluding hydrogens is 302 g/mol. The van der Waals surface area contributed by atoms with Crippen molar-refractivity contribution < 1.29 is 0 Å². The van der Waals surface area contributed by atoms with Gasteiger partial charge in [-0.25, -0.2) is 4.98 Å². The van der Waals surface area contributed by atoms with Crippen LogP contribution >= 0.6 is 22.9 Å². The van der Waals surface area contributed by atoms with E-state index < -0.39 is 0 Å². The van der Waals surface area contributed by atoms with Gasteiger partial charge in [-0.05, 0) is 31.0 Å². The highest BCUT2D eigenvalue weighted by molar-refractivity contribution is 7.07. The van der Waals surface area contributed by atoms with Gasteiger partial charge in [0.05, 0.1) is 11.2 Å². The molecule has 4 rings (SSSR count). The van der Waals surface area contributed by atoms with Crippen LogP contribution in [0.4, 0.5) is 5.69 Å². The highest BCUT2D eigenvalue weighted by Gasteiger charge is 2.23. The van der Waals surface area contributed by atoms with Crippen LogP contribution in [-0.4, -0.2) is 23.1 Å². The van der Waals surface area contributed by atoms with E-state index in [-0.39, 0.29) is 0 Å². The van der Waals surface area contributed by atoms with E-state index in [4.69, 9.17) is 11.6 Å². The zero-order valence-corrected chi connectivity index (χ0v) is 13.1. The first-order valence-electron chi connectivity index (χ1n) is 7.21. The summed E-state index contributed by atoms with van der Waals surface area (Å²) in [6, 6.07) is 6.21. The van der Waals surface area contributed by atoms with Gasteiger partial charge in [0.1, 0.15) is 0 Å². The Bertz CT molecular complexity index is 742. The van der Waals surface area contributed by atoms with Crippen molar-refractivity contribution >= 4 is 39.5 Å². The number of benzene rings is 1. The predicted molar refractivity (Wildman–Crippen MR) is 89.6 cm³/mol. The molecular formula is C16H16ClN3S. The van der Waals surface area contributed by atoms with Gasteiger partial charge in [0, 0.05) is 52.2 Å². The van der Waals surface area contributed by atoms with E-state index in [1.165, 1.54) is 16.8 Å². The number of anilines is 1. The molecule has 1 aliphatic rings. The Morgan fingerprint density at radius 1 is 1.29 bits per heavy atom. The fourth-order valence-electron chi connectivity index (χ4n) is 3.21. The van der Waals surface area contributed by atoms with Crippen molar-refractivity contribution in [3.05, 3.63) is 46.0 Å². The number of aromatic nitrogens is 2. The minimum absolute atomic E-state index is 0.605. The quantitative estimate of drug-likeness (QED) is 0.745. The summed E-state index contributed by atoms with van der Waals surface area (Å²) in [5, 5.41) is 4.23. The number of hydrogen-bond acceptors (Lipinski definition) is 3. The number of fused-ring (bicyclic) bond motifs is 1. The van der Waals surface area contributed by atoms with Gasteiger partial charge in [-0.15, -0.1) is 11.3 Å². The van der Waals surface area contributed by atoms with Crippen molar-refractivity contribution in [1.29, 1.82) is 0 Å². The predicted octanol–water partition coefficient (Wildman–Crippen LogP) is 4.66. The molecule has 0 saturated carbocycles. The van der Waals surface area contributed by atoms with Gasteiger partial charge < -0.3 is 9.88 Å². The second-order valence-corrected chi connectivity index (χ2v) is 6.69. The minimum Gasteiger partial charge on any atom is -0.371 e. The Balaban J connectivity index is 1.59. The lowest BCUT2D eigenvalue weighted by molar-refractivity contribution is 0.499. The largest absolute Gasteiger partial charge is 0.371 e. The van der Waals surface area contributed by atoms with E-state index >= 15 is 0 Å². The Morgan fingerprint density at radius 2 is 2.14 bits per heavy atom. The molecule has 0 spiro atoms. The first kappa shape index (κ1) is 13.2. The van der Waals surface area contributed by atoms with Crippen molar-refractivity contribution in [3.63, 3.8) is 0 Å². The Labute approximate surface area is 132 Å². The summed E-state index contributed by atoms with van der Waals surface area (Å²) in [5.41, 5.74) is 5.55. The lowest BCUT2D eigenvalue weighted by atomic mass is 9.93. The van der Waals surface area contributed by atoms with Gasteiger partial charge >= 0.3 is 0 Å². The number of piperidine rings is 1. The highest BCUT2D eigenvalue weighted by Crippen LogP contribution is 2.35. The normalized spacial score (nSPS) is 16.7. The van der Waals surface area contributed by atoms with Gasteiger partial charge in [0.2, 0.25) is 0 Å². The van der Waals surface area contributed by atoms with Gasteiger partial charge in [-0.3, -0.25) is 0 Å². The van der Waals surface area contributed by atoms with Crippen molar-refractivity contribution in [3.8, 4) is 0 Å². The summed E-state index contributed by atoms with van der Waals surface area (Å²) in [5.74, 6) is 0.605. The summed E-state index contributed by atoms with van der Waals surface area (Å²) >= 11 is 7.94. The molecule has 0 amide bonds. The molecule has 5 heteroatoms. The molecule has 1 saturated heterocycles. The molecule has 1 fully saturated rings. The lowest BCUT2D eigenvalue weighted by Gasteiger charge is -2.33. The molecule has 1 aliphatic heterocycles. The topological polar surface area (TPSA) is 31.9 Å². The van der Waals surface area contributed by atoms with E-state index in [9.17, 15) is 0 Å². The summed E-state index contributed by atoms with van der Waals surface area (Å²) in [7, 11) is 0. The van der Waals surface area contributed by atoms with Gasteiger partial charge in [0.25, 0.3) is 0 Å². The van der Waals surface area contributed by atoms with E-state index in [0.717, 1.165) is 36.5 Å². The number of thiazole rings is 1. The molecule has 0 radical (unpaired) electrons. The molecule has 21 heavy (non-hydrogen) atoms. The molecule has 3 nitrogen and oxygen atoms in total. The summed E-state index contributed by atoms with van der Waals surface area (Å²) in [6.45, 7) is 2.12. The van der Waals surface area contributed by atoms with E-state index in [0.29, 0.717) is 5.92 Å². The summed E-state index contributed by atoms with van der Waals surface area (Å²) in [6.07, 6.45) is 4.29. The number of rotatable bonds is 2. The van der Waals surface area contributed by atoms with Gasteiger partial charge in [-0.2, -0.15) is 0 Å². The van der Waals surface area contributed by atoms with Crippen LogP contribution in [0.1, 0.15) is 24.5 Å². The van der Waals surface area contributed by atoms with Crippen LogP contribution in [0, 0.1) is 0 Å². The standard InChI is InChI=1S/C16H16ClN3S/c17-12-7-14-13(1-4-18-14)16(8-12)20-5-2-11(3-6-20)15-9-21-10-19-15/h1,4,7-11,18H,2-3,5-6H2. The molecule has 0 aliphatic carbocycles. The maximum atomic E-state index is 6.25. The van der Waals surface area contributed by atoms with Crippen LogP contribution in [0.2, 0.25) is 5.02 Å². The Hall–Kier alpha value is -1.52. The molecule has 3 aromatic rings. The van der Waals surface area contributed by atoms with Gasteiger partial charge in [0.15, 0.2) is 0 Å². The zero-order valence-electron chi connectivity index (χ0n) is 11.6. The first-order chi connectivity index (χ1) is 10.3. The summed E-state index contributed by atoms with van der Waals surface area (Å²) in [4.78, 5) is 10.2. The van der Waals surface area contributed by atoms with E-state index in [1.54, 1.807) is 11.3 Å². The molecule has 3 heterocycles. The average Bonchev–Trinajstić information content (AvgIpc) is 3.17. The van der Waals surface area contributed by atoms with Crippen LogP contribution < -0.4 is 4.90 Å². The third-order valence-corrected chi connectivity index (χ3v) is 5.14. The van der Waals surface area contributed by atoms with Crippen LogP contribution in [0.25, 0.3) is 10.9 Å². The maximum absolute atomic E-state index is 6.25. The van der Waals surface area contributed by atoms with Crippen LogP contribution in [-0.2, 0) is 0 Å². The molecule has 108 valence electrons. The van der Waals surface area contributed by atoms with Crippen LogP contribution in [0.15, 0.2) is 35.3 Å². The van der Waals surface area contributed by atoms with Gasteiger partial charge in [-0.1, -0.05) is 11.6 Å². The number of H-pyrrole nitrogens is 1. The van der Waals surface area contributed by atoms with Crippen LogP contribution in [0.3, 0.4) is 0 Å². The highest BCUT2D eigenvalue weighted by atomic mass is 35.5. The second-order valence-electron chi connectivity index (χ2n) is 5.54. The minimum atomic E-state index is 0.605. The molecule has 0 bridgehead atoms. The lowest BCUT2D eigenvalue weighted by Crippen LogP contribution is -2.33.